The Kier molecular flexibility index (Phi) is 6.73. The van der Waals surface area contributed by atoms with Crippen LogP contribution in [0.3, 0.4) is 0 Å². The summed E-state index contributed by atoms with van der Waals surface area (Å²) >= 11 is 0. The maximum Gasteiger partial charge on any atom is 0.410 e. The molecule has 0 aromatic heterocycles. The Morgan fingerprint density at radius 1 is 1.14 bits per heavy atom. The van der Waals surface area contributed by atoms with Gasteiger partial charge in [0.15, 0.2) is 11.5 Å². The number of anilines is 1. The summed E-state index contributed by atoms with van der Waals surface area (Å²) in [6.45, 7) is 6.36. The van der Waals surface area contributed by atoms with Crippen LogP contribution in [-0.2, 0) is 9.53 Å². The van der Waals surface area contributed by atoms with Crippen LogP contribution in [0.5, 0.6) is 11.5 Å². The molecule has 152 valence electrons. The van der Waals surface area contributed by atoms with Crippen molar-refractivity contribution in [1.82, 2.24) is 4.90 Å². The van der Waals surface area contributed by atoms with E-state index in [4.69, 9.17) is 14.2 Å². The van der Waals surface area contributed by atoms with Gasteiger partial charge in [-0.1, -0.05) is 0 Å². The minimum Gasteiger partial charge on any atom is -0.493 e. The summed E-state index contributed by atoms with van der Waals surface area (Å²) in [4.78, 5) is 26.4. The first-order valence-corrected chi connectivity index (χ1v) is 9.13. The molecule has 8 heteroatoms. The number of nitriles is 1. The van der Waals surface area contributed by atoms with Crippen LogP contribution in [0.25, 0.3) is 0 Å². The summed E-state index contributed by atoms with van der Waals surface area (Å²) in [5.74, 6) is 0.408. The van der Waals surface area contributed by atoms with Crippen molar-refractivity contribution in [3.8, 4) is 17.6 Å². The third-order valence-electron chi connectivity index (χ3n) is 4.42. The molecule has 0 bridgehead atoms. The summed E-state index contributed by atoms with van der Waals surface area (Å²) < 4.78 is 15.8. The highest BCUT2D eigenvalue weighted by molar-refractivity contribution is 5.94. The number of carbonyl (C=O) groups is 2. The second-order valence-corrected chi connectivity index (χ2v) is 7.60. The lowest BCUT2D eigenvalue weighted by Gasteiger charge is -2.33. The van der Waals surface area contributed by atoms with E-state index in [0.29, 0.717) is 43.1 Å². The van der Waals surface area contributed by atoms with Gasteiger partial charge in [-0.25, -0.2) is 4.79 Å². The number of likely N-dealkylation sites (tertiary alicyclic amines) is 1. The van der Waals surface area contributed by atoms with Crippen LogP contribution in [0.2, 0.25) is 0 Å². The van der Waals surface area contributed by atoms with E-state index in [-0.39, 0.29) is 23.5 Å². The average molecular weight is 389 g/mol. The van der Waals surface area contributed by atoms with Crippen LogP contribution in [0, 0.1) is 17.2 Å². The van der Waals surface area contributed by atoms with Crippen LogP contribution in [-0.4, -0.2) is 49.8 Å². The van der Waals surface area contributed by atoms with Gasteiger partial charge in [-0.05, 0) is 33.6 Å². The number of hydrogen-bond acceptors (Lipinski definition) is 6. The lowest BCUT2D eigenvalue weighted by Crippen LogP contribution is -2.43. The molecule has 1 fully saturated rings. The predicted molar refractivity (Wildman–Crippen MR) is 103 cm³/mol. The minimum absolute atomic E-state index is 0.187. The smallest absolute Gasteiger partial charge is 0.410 e. The number of piperidine rings is 1. The lowest BCUT2D eigenvalue weighted by molar-refractivity contribution is -0.121. The van der Waals surface area contributed by atoms with Gasteiger partial charge in [0.05, 0.1) is 25.5 Å². The van der Waals surface area contributed by atoms with Crippen LogP contribution in [0.1, 0.15) is 39.2 Å². The number of methoxy groups -OCH3 is 2. The highest BCUT2D eigenvalue weighted by Gasteiger charge is 2.30. The van der Waals surface area contributed by atoms with E-state index in [0.717, 1.165) is 0 Å². The van der Waals surface area contributed by atoms with Crippen LogP contribution in [0.4, 0.5) is 10.5 Å². The number of amides is 2. The molecule has 0 atom stereocenters. The summed E-state index contributed by atoms with van der Waals surface area (Å²) in [6.07, 6.45) is 0.693. The topological polar surface area (TPSA) is 101 Å². The first-order chi connectivity index (χ1) is 13.2. The normalized spacial score (nSPS) is 14.8. The summed E-state index contributed by atoms with van der Waals surface area (Å²) in [5.41, 5.74) is 0.115. The number of benzene rings is 1. The van der Waals surface area contributed by atoms with Gasteiger partial charge in [0.1, 0.15) is 11.7 Å². The minimum atomic E-state index is -0.549. The molecular formula is C20H27N3O5. The molecule has 1 aromatic rings. The Bertz CT molecular complexity index is 771. The fourth-order valence-corrected chi connectivity index (χ4v) is 2.96. The quantitative estimate of drug-likeness (QED) is 0.849. The molecule has 1 N–H and O–H groups in total. The zero-order valence-electron chi connectivity index (χ0n) is 17.0. The number of rotatable bonds is 4. The van der Waals surface area contributed by atoms with Gasteiger partial charge in [-0.3, -0.25) is 4.79 Å². The van der Waals surface area contributed by atoms with E-state index in [1.807, 2.05) is 20.8 Å². The molecule has 1 saturated heterocycles. The van der Waals surface area contributed by atoms with E-state index in [9.17, 15) is 14.9 Å². The second-order valence-electron chi connectivity index (χ2n) is 7.60. The zero-order valence-corrected chi connectivity index (χ0v) is 17.0. The van der Waals surface area contributed by atoms with Gasteiger partial charge in [0, 0.05) is 31.1 Å². The number of hydrogen-bond donors (Lipinski definition) is 1. The molecule has 0 aliphatic carbocycles. The number of carbonyl (C=O) groups excluding carboxylic acids is 2. The standard InChI is InChI=1S/C20H27N3O5/c1-20(2,3)28-19(25)23-8-6-13(7-9-23)18(24)22-15-11-17(27-5)16(26-4)10-14(15)12-21/h10-11,13H,6-9H2,1-5H3,(H,22,24). The Labute approximate surface area is 165 Å². The van der Waals surface area contributed by atoms with Crippen molar-refractivity contribution in [3.63, 3.8) is 0 Å². The largest absolute Gasteiger partial charge is 0.493 e. The Balaban J connectivity index is 2.02. The number of nitrogens with one attached hydrogen (secondary N) is 1. The van der Waals surface area contributed by atoms with E-state index < -0.39 is 5.60 Å². The molecule has 1 aromatic carbocycles. The first kappa shape index (κ1) is 21.4. The van der Waals surface area contributed by atoms with Gasteiger partial charge < -0.3 is 24.4 Å². The number of nitrogens with zero attached hydrogens (tertiary/aromatic N) is 2. The van der Waals surface area contributed by atoms with Crippen LogP contribution >= 0.6 is 0 Å². The van der Waals surface area contributed by atoms with Crippen molar-refractivity contribution in [1.29, 1.82) is 5.26 Å². The molecule has 2 amide bonds. The van der Waals surface area contributed by atoms with Crippen molar-refractivity contribution in [2.24, 2.45) is 5.92 Å². The van der Waals surface area contributed by atoms with Crippen molar-refractivity contribution in [3.05, 3.63) is 17.7 Å². The highest BCUT2D eigenvalue weighted by Crippen LogP contribution is 2.33. The Morgan fingerprint density at radius 3 is 2.21 bits per heavy atom. The van der Waals surface area contributed by atoms with E-state index >= 15 is 0 Å². The van der Waals surface area contributed by atoms with Crippen molar-refractivity contribution >= 4 is 17.7 Å². The monoisotopic (exact) mass is 389 g/mol. The predicted octanol–water partition coefficient (Wildman–Crippen LogP) is 3.16. The third kappa shape index (κ3) is 5.28. The molecule has 8 nitrogen and oxygen atoms in total. The van der Waals surface area contributed by atoms with Gasteiger partial charge in [0.25, 0.3) is 0 Å². The van der Waals surface area contributed by atoms with E-state index in [1.54, 1.807) is 11.0 Å². The molecule has 1 aliphatic heterocycles. The Morgan fingerprint density at radius 2 is 1.71 bits per heavy atom. The van der Waals surface area contributed by atoms with Gasteiger partial charge in [-0.2, -0.15) is 5.26 Å². The molecule has 0 unspecified atom stereocenters. The van der Waals surface area contributed by atoms with Crippen LogP contribution < -0.4 is 14.8 Å². The molecule has 0 radical (unpaired) electrons. The van der Waals surface area contributed by atoms with Crippen LogP contribution in [0.15, 0.2) is 12.1 Å². The lowest BCUT2D eigenvalue weighted by atomic mass is 9.96. The zero-order chi connectivity index (χ0) is 20.9. The van der Waals surface area contributed by atoms with Crippen molar-refractivity contribution in [2.45, 2.75) is 39.2 Å². The SMILES string of the molecule is COc1cc(C#N)c(NC(=O)C2CCN(C(=O)OC(C)(C)C)CC2)cc1OC. The van der Waals surface area contributed by atoms with E-state index in [1.165, 1.54) is 20.3 Å². The van der Waals surface area contributed by atoms with Gasteiger partial charge in [0.2, 0.25) is 5.91 Å². The molecule has 28 heavy (non-hydrogen) atoms. The highest BCUT2D eigenvalue weighted by atomic mass is 16.6. The molecule has 0 spiro atoms. The molecule has 1 aliphatic rings. The fourth-order valence-electron chi connectivity index (χ4n) is 2.96. The molecule has 0 saturated carbocycles. The maximum atomic E-state index is 12.7. The van der Waals surface area contributed by atoms with Crippen molar-refractivity contribution < 1.29 is 23.8 Å². The fraction of sp³-hybridized carbons (Fsp3) is 0.550. The number of ether oxygens (including phenoxy) is 3. The summed E-state index contributed by atoms with van der Waals surface area (Å²) in [5, 5.41) is 12.2. The van der Waals surface area contributed by atoms with Crippen molar-refractivity contribution in [2.75, 3.05) is 32.6 Å². The second kappa shape index (κ2) is 8.83. The third-order valence-corrected chi connectivity index (χ3v) is 4.42. The molecule has 1 heterocycles. The average Bonchev–Trinajstić information content (AvgIpc) is 2.66. The molecular weight excluding hydrogens is 362 g/mol. The van der Waals surface area contributed by atoms with Gasteiger partial charge >= 0.3 is 6.09 Å². The summed E-state index contributed by atoms with van der Waals surface area (Å²) in [7, 11) is 2.97. The molecule has 2 rings (SSSR count). The summed E-state index contributed by atoms with van der Waals surface area (Å²) in [6, 6.07) is 5.16. The van der Waals surface area contributed by atoms with E-state index in [2.05, 4.69) is 11.4 Å². The maximum absolute atomic E-state index is 12.7. The Hall–Kier alpha value is -2.95. The first-order valence-electron chi connectivity index (χ1n) is 9.13. The van der Waals surface area contributed by atoms with Gasteiger partial charge in [-0.15, -0.1) is 0 Å².